The van der Waals surface area contributed by atoms with Gasteiger partial charge in [0.05, 0.1) is 5.56 Å². The Morgan fingerprint density at radius 2 is 1.65 bits per heavy atom. The van der Waals surface area contributed by atoms with Crippen molar-refractivity contribution in [3.63, 3.8) is 0 Å². The molecule has 1 N–H and O–H groups in total. The van der Waals surface area contributed by atoms with Crippen LogP contribution in [0, 0.1) is 29.0 Å². The summed E-state index contributed by atoms with van der Waals surface area (Å²) in [5.74, 6) is 1.30. The predicted molar refractivity (Wildman–Crippen MR) is 73.0 cm³/mol. The Kier molecular flexibility index (Phi) is 2.51. The highest BCUT2D eigenvalue weighted by Crippen LogP contribution is 2.61. The number of hydrogen-bond donors (Lipinski definition) is 1. The number of carbonyl (C=O) groups excluding carboxylic acids is 1. The fourth-order valence-electron chi connectivity index (χ4n) is 5.36. The minimum absolute atomic E-state index is 0.0194. The molecular formula is C17H19FO2. The minimum atomic E-state index is -0.578. The molecule has 0 heterocycles. The predicted octanol–water partition coefficient (Wildman–Crippen LogP) is 3.93. The Hall–Kier alpha value is -1.38. The van der Waals surface area contributed by atoms with Gasteiger partial charge in [-0.3, -0.25) is 4.79 Å². The average molecular weight is 274 g/mol. The number of benzene rings is 1. The first-order valence-corrected chi connectivity index (χ1v) is 7.59. The quantitative estimate of drug-likeness (QED) is 0.830. The molecule has 4 aliphatic carbocycles. The molecule has 3 heteroatoms. The van der Waals surface area contributed by atoms with Gasteiger partial charge < -0.3 is 5.11 Å². The van der Waals surface area contributed by atoms with Crippen LogP contribution in [0.2, 0.25) is 0 Å². The van der Waals surface area contributed by atoms with Crippen molar-refractivity contribution in [2.75, 3.05) is 0 Å². The van der Waals surface area contributed by atoms with Gasteiger partial charge in [0.2, 0.25) is 0 Å². The van der Waals surface area contributed by atoms with E-state index in [0.29, 0.717) is 17.8 Å². The van der Waals surface area contributed by atoms with Gasteiger partial charge in [0, 0.05) is 11.5 Å². The standard InChI is InChI=1S/C17H19FO2/c18-15-6-13(19)1-2-14(15)16(20)17-7-10-3-11(8-17)5-12(4-10)9-17/h1-2,6,10-12,19H,3-5,7-9H2. The van der Waals surface area contributed by atoms with E-state index in [1.165, 1.54) is 31.4 Å². The summed E-state index contributed by atoms with van der Waals surface area (Å²) in [4.78, 5) is 12.9. The molecule has 106 valence electrons. The van der Waals surface area contributed by atoms with E-state index in [9.17, 15) is 14.3 Å². The van der Waals surface area contributed by atoms with Crippen LogP contribution in [-0.2, 0) is 0 Å². The minimum Gasteiger partial charge on any atom is -0.508 e. The molecule has 0 radical (unpaired) electrons. The first-order valence-electron chi connectivity index (χ1n) is 7.59. The summed E-state index contributed by atoms with van der Waals surface area (Å²) in [5, 5.41) is 9.30. The highest BCUT2D eigenvalue weighted by Gasteiger charge is 2.54. The Morgan fingerprint density at radius 3 is 2.15 bits per heavy atom. The molecule has 0 aliphatic heterocycles. The van der Waals surface area contributed by atoms with E-state index in [0.717, 1.165) is 25.3 Å². The first kappa shape index (κ1) is 12.4. The van der Waals surface area contributed by atoms with E-state index in [2.05, 4.69) is 0 Å². The van der Waals surface area contributed by atoms with E-state index in [1.54, 1.807) is 0 Å². The number of carbonyl (C=O) groups is 1. The fourth-order valence-corrected chi connectivity index (χ4v) is 5.36. The zero-order valence-electron chi connectivity index (χ0n) is 11.4. The molecule has 4 saturated carbocycles. The van der Waals surface area contributed by atoms with E-state index in [-0.39, 0.29) is 22.5 Å². The Balaban J connectivity index is 1.71. The second kappa shape index (κ2) is 4.06. The molecule has 5 rings (SSSR count). The monoisotopic (exact) mass is 274 g/mol. The number of phenols is 1. The molecule has 1 aromatic carbocycles. The molecule has 1 aromatic rings. The summed E-state index contributed by atoms with van der Waals surface area (Å²) in [7, 11) is 0. The maximum Gasteiger partial charge on any atom is 0.171 e. The lowest BCUT2D eigenvalue weighted by Gasteiger charge is -2.55. The Bertz CT molecular complexity index is 543. The second-order valence-corrected chi connectivity index (χ2v) is 7.19. The Labute approximate surface area is 118 Å². The summed E-state index contributed by atoms with van der Waals surface area (Å²) >= 11 is 0. The number of rotatable bonds is 2. The highest BCUT2D eigenvalue weighted by atomic mass is 19.1. The summed E-state index contributed by atoms with van der Waals surface area (Å²) in [6.07, 6.45) is 6.63. The molecule has 4 fully saturated rings. The van der Waals surface area contributed by atoms with E-state index in [4.69, 9.17) is 0 Å². The largest absolute Gasteiger partial charge is 0.508 e. The van der Waals surface area contributed by atoms with Crippen LogP contribution in [0.25, 0.3) is 0 Å². The van der Waals surface area contributed by atoms with Gasteiger partial charge in [0.15, 0.2) is 5.78 Å². The summed E-state index contributed by atoms with van der Waals surface area (Å²) in [6, 6.07) is 3.91. The van der Waals surface area contributed by atoms with Crippen molar-refractivity contribution in [3.05, 3.63) is 29.6 Å². The van der Waals surface area contributed by atoms with Gasteiger partial charge in [-0.15, -0.1) is 0 Å². The third kappa shape index (κ3) is 1.72. The van der Waals surface area contributed by atoms with Gasteiger partial charge >= 0.3 is 0 Å². The SMILES string of the molecule is O=C(c1ccc(O)cc1F)C12CC3CC(CC(C3)C1)C2. The summed E-state index contributed by atoms with van der Waals surface area (Å²) in [5.41, 5.74) is -0.142. The molecule has 0 aromatic heterocycles. The number of ketones is 1. The zero-order chi connectivity index (χ0) is 13.9. The number of phenolic OH excluding ortho intramolecular Hbond substituents is 1. The summed E-state index contributed by atoms with van der Waals surface area (Å²) in [6.45, 7) is 0. The number of hydrogen-bond acceptors (Lipinski definition) is 2. The van der Waals surface area contributed by atoms with Gasteiger partial charge in [-0.2, -0.15) is 0 Å². The molecule has 2 nitrogen and oxygen atoms in total. The lowest BCUT2D eigenvalue weighted by molar-refractivity contribution is -0.0355. The molecule has 20 heavy (non-hydrogen) atoms. The number of aromatic hydroxyl groups is 1. The van der Waals surface area contributed by atoms with E-state index < -0.39 is 5.82 Å². The van der Waals surface area contributed by atoms with Crippen LogP contribution < -0.4 is 0 Å². The van der Waals surface area contributed by atoms with Crippen LogP contribution in [0.15, 0.2) is 18.2 Å². The van der Waals surface area contributed by atoms with Crippen LogP contribution in [0.3, 0.4) is 0 Å². The molecule has 0 spiro atoms. The fraction of sp³-hybridized carbons (Fsp3) is 0.588. The molecule has 0 unspecified atom stereocenters. The van der Waals surface area contributed by atoms with Crippen LogP contribution in [-0.4, -0.2) is 10.9 Å². The zero-order valence-corrected chi connectivity index (χ0v) is 11.4. The lowest BCUT2D eigenvalue weighted by atomic mass is 9.48. The maximum absolute atomic E-state index is 14.0. The van der Waals surface area contributed by atoms with Crippen molar-refractivity contribution in [2.24, 2.45) is 23.2 Å². The average Bonchev–Trinajstić information content (AvgIpc) is 2.36. The third-order valence-corrected chi connectivity index (χ3v) is 5.72. The first-order chi connectivity index (χ1) is 9.56. The highest BCUT2D eigenvalue weighted by molar-refractivity contribution is 6.01. The summed E-state index contributed by atoms with van der Waals surface area (Å²) < 4.78 is 14.0. The van der Waals surface area contributed by atoms with Crippen LogP contribution in [0.5, 0.6) is 5.75 Å². The lowest BCUT2D eigenvalue weighted by Crippen LogP contribution is -2.50. The van der Waals surface area contributed by atoms with Gasteiger partial charge in [0.25, 0.3) is 0 Å². The van der Waals surface area contributed by atoms with Gasteiger partial charge in [-0.05, 0) is 68.4 Å². The normalized spacial score (nSPS) is 38.1. The molecule has 4 bridgehead atoms. The van der Waals surface area contributed by atoms with Crippen molar-refractivity contribution in [1.82, 2.24) is 0 Å². The number of halogens is 1. The van der Waals surface area contributed by atoms with Gasteiger partial charge in [0.1, 0.15) is 11.6 Å². The molecule has 0 amide bonds. The molecule has 4 aliphatic rings. The van der Waals surface area contributed by atoms with Gasteiger partial charge in [-0.25, -0.2) is 4.39 Å². The van der Waals surface area contributed by atoms with Crippen LogP contribution >= 0.6 is 0 Å². The maximum atomic E-state index is 14.0. The van der Waals surface area contributed by atoms with Crippen molar-refractivity contribution in [2.45, 2.75) is 38.5 Å². The second-order valence-electron chi connectivity index (χ2n) is 7.19. The van der Waals surface area contributed by atoms with Crippen LogP contribution in [0.1, 0.15) is 48.9 Å². The van der Waals surface area contributed by atoms with Crippen molar-refractivity contribution < 1.29 is 14.3 Å². The Morgan fingerprint density at radius 1 is 1.10 bits per heavy atom. The van der Waals surface area contributed by atoms with E-state index >= 15 is 0 Å². The molecule has 0 atom stereocenters. The van der Waals surface area contributed by atoms with Crippen molar-refractivity contribution in [1.29, 1.82) is 0 Å². The topological polar surface area (TPSA) is 37.3 Å². The van der Waals surface area contributed by atoms with E-state index in [1.807, 2.05) is 0 Å². The van der Waals surface area contributed by atoms with Crippen LogP contribution in [0.4, 0.5) is 4.39 Å². The smallest absolute Gasteiger partial charge is 0.171 e. The number of Topliss-reactive ketones (excluding diaryl/α,β-unsaturated/α-hetero) is 1. The van der Waals surface area contributed by atoms with Crippen molar-refractivity contribution >= 4 is 5.78 Å². The molecule has 0 saturated heterocycles. The van der Waals surface area contributed by atoms with Gasteiger partial charge in [-0.1, -0.05) is 0 Å². The molecular weight excluding hydrogens is 255 g/mol. The van der Waals surface area contributed by atoms with Crippen molar-refractivity contribution in [3.8, 4) is 5.75 Å². The third-order valence-electron chi connectivity index (χ3n) is 5.72.